The van der Waals surface area contributed by atoms with Crippen LogP contribution in [0.3, 0.4) is 0 Å². The molecule has 0 saturated heterocycles. The van der Waals surface area contributed by atoms with Gasteiger partial charge in [0.25, 0.3) is 0 Å². The van der Waals surface area contributed by atoms with E-state index in [1.165, 1.54) is 11.3 Å². The van der Waals surface area contributed by atoms with E-state index < -0.39 is 0 Å². The average Bonchev–Trinajstić information content (AvgIpc) is 2.50. The first kappa shape index (κ1) is 15.2. The Morgan fingerprint density at radius 3 is 2.38 bits per heavy atom. The van der Waals surface area contributed by atoms with Crippen molar-refractivity contribution in [2.75, 3.05) is 23.8 Å². The molecule has 0 saturated carbocycles. The van der Waals surface area contributed by atoms with Crippen LogP contribution in [0.15, 0.2) is 42.5 Å². The maximum atomic E-state index is 6.32. The number of nitrogens with two attached hydrogens (primary N) is 1. The fourth-order valence-corrected chi connectivity index (χ4v) is 2.44. The minimum atomic E-state index is 0.685. The number of hydrogen-bond acceptors (Lipinski definition) is 3. The molecule has 21 heavy (non-hydrogen) atoms. The predicted octanol–water partition coefficient (Wildman–Crippen LogP) is 4.52. The highest BCUT2D eigenvalue weighted by molar-refractivity contribution is 5.80. The Balaban J connectivity index is 2.41. The Morgan fingerprint density at radius 2 is 1.71 bits per heavy atom. The van der Waals surface area contributed by atoms with Crippen LogP contribution >= 0.6 is 0 Å². The molecule has 0 bridgehead atoms. The molecular weight excluding hydrogens is 260 g/mol. The first-order chi connectivity index (χ1) is 10.2. The molecule has 112 valence electrons. The molecule has 3 nitrogen and oxygen atoms in total. The largest absolute Gasteiger partial charge is 0.491 e. The summed E-state index contributed by atoms with van der Waals surface area (Å²) >= 11 is 0. The molecule has 0 aliphatic heterocycles. The van der Waals surface area contributed by atoms with Crippen molar-refractivity contribution in [1.82, 2.24) is 0 Å². The number of ether oxygens (including phenoxy) is 1. The van der Waals surface area contributed by atoms with E-state index in [-0.39, 0.29) is 0 Å². The Morgan fingerprint density at radius 1 is 1.00 bits per heavy atom. The number of anilines is 3. The van der Waals surface area contributed by atoms with E-state index in [9.17, 15) is 0 Å². The van der Waals surface area contributed by atoms with Crippen molar-refractivity contribution in [1.29, 1.82) is 0 Å². The molecule has 3 heteroatoms. The maximum Gasteiger partial charge on any atom is 0.144 e. The van der Waals surface area contributed by atoms with Crippen LogP contribution in [0.25, 0.3) is 0 Å². The zero-order valence-corrected chi connectivity index (χ0v) is 13.1. The van der Waals surface area contributed by atoms with Crippen molar-refractivity contribution >= 4 is 17.1 Å². The molecule has 2 N–H and O–H groups in total. The summed E-state index contributed by atoms with van der Waals surface area (Å²) in [5.41, 5.74) is 10.4. The SMILES string of the molecule is CCCOc1cccc(N(CC)c2ccccc2C)c1N. The number of benzene rings is 2. The molecule has 0 aliphatic carbocycles. The minimum Gasteiger partial charge on any atom is -0.491 e. The zero-order valence-electron chi connectivity index (χ0n) is 13.1. The van der Waals surface area contributed by atoms with E-state index in [4.69, 9.17) is 10.5 Å². The van der Waals surface area contributed by atoms with E-state index in [2.05, 4.69) is 49.9 Å². The van der Waals surface area contributed by atoms with Crippen molar-refractivity contribution in [2.24, 2.45) is 0 Å². The molecule has 0 fully saturated rings. The Hall–Kier alpha value is -2.16. The number of rotatable bonds is 6. The maximum absolute atomic E-state index is 6.32. The lowest BCUT2D eigenvalue weighted by Crippen LogP contribution is -2.18. The van der Waals surface area contributed by atoms with Gasteiger partial charge in [-0.3, -0.25) is 0 Å². The summed E-state index contributed by atoms with van der Waals surface area (Å²) < 4.78 is 5.74. The first-order valence-corrected chi connectivity index (χ1v) is 7.53. The molecule has 2 aromatic rings. The van der Waals surface area contributed by atoms with E-state index in [0.29, 0.717) is 12.3 Å². The monoisotopic (exact) mass is 284 g/mol. The molecule has 0 aliphatic rings. The van der Waals surface area contributed by atoms with Gasteiger partial charge >= 0.3 is 0 Å². The van der Waals surface area contributed by atoms with Crippen LogP contribution in [0.4, 0.5) is 17.1 Å². The van der Waals surface area contributed by atoms with Crippen molar-refractivity contribution in [3.05, 3.63) is 48.0 Å². The van der Waals surface area contributed by atoms with Gasteiger partial charge in [-0.2, -0.15) is 0 Å². The molecule has 0 radical (unpaired) electrons. The average molecular weight is 284 g/mol. The van der Waals surface area contributed by atoms with Crippen LogP contribution in [0.1, 0.15) is 25.8 Å². The highest BCUT2D eigenvalue weighted by Gasteiger charge is 2.14. The van der Waals surface area contributed by atoms with Crippen LogP contribution in [0.2, 0.25) is 0 Å². The topological polar surface area (TPSA) is 38.5 Å². The lowest BCUT2D eigenvalue weighted by molar-refractivity contribution is 0.319. The Labute approximate surface area is 127 Å². The van der Waals surface area contributed by atoms with Gasteiger partial charge in [0.2, 0.25) is 0 Å². The van der Waals surface area contributed by atoms with Gasteiger partial charge in [-0.1, -0.05) is 31.2 Å². The summed E-state index contributed by atoms with van der Waals surface area (Å²) in [6.45, 7) is 7.87. The van der Waals surface area contributed by atoms with Crippen LogP contribution in [-0.4, -0.2) is 13.2 Å². The third kappa shape index (κ3) is 3.30. The molecule has 2 aromatic carbocycles. The van der Waals surface area contributed by atoms with Crippen molar-refractivity contribution in [2.45, 2.75) is 27.2 Å². The molecule has 0 atom stereocenters. The van der Waals surface area contributed by atoms with Crippen molar-refractivity contribution in [3.8, 4) is 5.75 Å². The third-order valence-electron chi connectivity index (χ3n) is 3.52. The second-order valence-electron chi connectivity index (χ2n) is 5.07. The molecule has 0 spiro atoms. The highest BCUT2D eigenvalue weighted by atomic mass is 16.5. The fraction of sp³-hybridized carbons (Fsp3) is 0.333. The standard InChI is InChI=1S/C18H24N2O/c1-4-13-21-17-12-8-11-16(18(17)19)20(5-2)15-10-7-6-9-14(15)3/h6-12H,4-5,13,19H2,1-3H3. The van der Waals surface area contributed by atoms with Crippen LogP contribution in [0.5, 0.6) is 5.75 Å². The van der Waals surface area contributed by atoms with Crippen molar-refractivity contribution < 1.29 is 4.74 Å². The van der Waals surface area contributed by atoms with Gasteiger partial charge in [0.05, 0.1) is 18.0 Å². The van der Waals surface area contributed by atoms with Gasteiger partial charge in [-0.05, 0) is 44.0 Å². The molecule has 0 unspecified atom stereocenters. The lowest BCUT2D eigenvalue weighted by Gasteiger charge is -2.27. The summed E-state index contributed by atoms with van der Waals surface area (Å²) in [6.07, 6.45) is 0.971. The number of para-hydroxylation sites is 2. The molecule has 0 heterocycles. The van der Waals surface area contributed by atoms with Crippen LogP contribution in [-0.2, 0) is 0 Å². The smallest absolute Gasteiger partial charge is 0.144 e. The lowest BCUT2D eigenvalue weighted by atomic mass is 10.1. The number of hydrogen-bond donors (Lipinski definition) is 1. The summed E-state index contributed by atoms with van der Waals surface area (Å²) in [6, 6.07) is 14.3. The van der Waals surface area contributed by atoms with Crippen molar-refractivity contribution in [3.63, 3.8) is 0 Å². The predicted molar refractivity (Wildman–Crippen MR) is 90.5 cm³/mol. The number of aryl methyl sites for hydroxylation is 1. The Bertz CT molecular complexity index is 596. The first-order valence-electron chi connectivity index (χ1n) is 7.53. The summed E-state index contributed by atoms with van der Waals surface area (Å²) in [5, 5.41) is 0. The van der Waals surface area contributed by atoms with Gasteiger partial charge in [0.15, 0.2) is 0 Å². The van der Waals surface area contributed by atoms with Gasteiger partial charge in [0.1, 0.15) is 5.75 Å². The van der Waals surface area contributed by atoms with E-state index in [1.807, 2.05) is 18.2 Å². The third-order valence-corrected chi connectivity index (χ3v) is 3.52. The van der Waals surface area contributed by atoms with Gasteiger partial charge in [-0.15, -0.1) is 0 Å². The quantitative estimate of drug-likeness (QED) is 0.792. The van der Waals surface area contributed by atoms with E-state index in [1.54, 1.807) is 0 Å². The Kier molecular flexibility index (Phi) is 5.09. The van der Waals surface area contributed by atoms with E-state index >= 15 is 0 Å². The summed E-state index contributed by atoms with van der Waals surface area (Å²) in [5.74, 6) is 0.765. The number of nitrogens with zero attached hydrogens (tertiary/aromatic N) is 1. The molecule has 0 amide bonds. The second-order valence-corrected chi connectivity index (χ2v) is 5.07. The highest BCUT2D eigenvalue weighted by Crippen LogP contribution is 2.37. The van der Waals surface area contributed by atoms with Gasteiger partial charge < -0.3 is 15.4 Å². The van der Waals surface area contributed by atoms with E-state index in [0.717, 1.165) is 24.4 Å². The zero-order chi connectivity index (χ0) is 15.2. The summed E-state index contributed by atoms with van der Waals surface area (Å²) in [7, 11) is 0. The second kappa shape index (κ2) is 7.02. The number of nitrogen functional groups attached to an aromatic ring is 1. The molecule has 2 rings (SSSR count). The molecule has 0 aromatic heterocycles. The van der Waals surface area contributed by atoms with Gasteiger partial charge in [0, 0.05) is 12.2 Å². The minimum absolute atomic E-state index is 0.685. The fourth-order valence-electron chi connectivity index (χ4n) is 2.44. The summed E-state index contributed by atoms with van der Waals surface area (Å²) in [4.78, 5) is 2.23. The van der Waals surface area contributed by atoms with Crippen LogP contribution < -0.4 is 15.4 Å². The van der Waals surface area contributed by atoms with Crippen LogP contribution in [0, 0.1) is 6.92 Å². The molecular formula is C18H24N2O. The normalized spacial score (nSPS) is 10.4. The van der Waals surface area contributed by atoms with Gasteiger partial charge in [-0.25, -0.2) is 0 Å².